The minimum Gasteiger partial charge on any atom is -0.454 e. The third kappa shape index (κ3) is 4.07. The van der Waals surface area contributed by atoms with E-state index in [4.69, 9.17) is 9.47 Å². The maximum absolute atomic E-state index is 12.6. The first-order valence-corrected chi connectivity index (χ1v) is 10.1. The van der Waals surface area contributed by atoms with Gasteiger partial charge in [-0.25, -0.2) is 4.68 Å². The van der Waals surface area contributed by atoms with Crippen molar-refractivity contribution in [1.82, 2.24) is 24.9 Å². The first-order chi connectivity index (χ1) is 15.2. The van der Waals surface area contributed by atoms with Crippen molar-refractivity contribution in [2.45, 2.75) is 6.92 Å². The standard InChI is InChI=1S/C22H22N6O3/c1-16-8-9-28(25-16)21-6-5-20(23-24-21)26-10-12-27(13-11-26)22(29)7-3-17-2-4-18-19(14-17)31-15-30-18/h2-9,14H,10-13,15H2,1H3/b7-3+. The second-order valence-electron chi connectivity index (χ2n) is 7.41. The Kier molecular flexibility index (Phi) is 4.99. The molecule has 1 amide bonds. The molecule has 2 aliphatic heterocycles. The predicted molar refractivity (Wildman–Crippen MR) is 114 cm³/mol. The Balaban J connectivity index is 1.17. The number of fused-ring (bicyclic) bond motifs is 1. The van der Waals surface area contributed by atoms with Crippen LogP contribution in [0.25, 0.3) is 11.9 Å². The minimum atomic E-state index is -0.00667. The Morgan fingerprint density at radius 2 is 1.74 bits per heavy atom. The van der Waals surface area contributed by atoms with E-state index in [1.807, 2.05) is 54.4 Å². The lowest BCUT2D eigenvalue weighted by atomic mass is 10.2. The summed E-state index contributed by atoms with van der Waals surface area (Å²) in [5, 5.41) is 13.0. The Morgan fingerprint density at radius 3 is 2.48 bits per heavy atom. The third-order valence-electron chi connectivity index (χ3n) is 5.32. The third-order valence-corrected chi connectivity index (χ3v) is 5.32. The van der Waals surface area contributed by atoms with Gasteiger partial charge in [0, 0.05) is 38.5 Å². The Labute approximate surface area is 179 Å². The molecule has 0 N–H and O–H groups in total. The van der Waals surface area contributed by atoms with Crippen LogP contribution in [0.2, 0.25) is 0 Å². The summed E-state index contributed by atoms with van der Waals surface area (Å²) >= 11 is 0. The SMILES string of the molecule is Cc1ccn(-c2ccc(N3CCN(C(=O)/C=C/c4ccc5c(c4)OCO5)CC3)nn2)n1. The molecule has 5 rings (SSSR count). The van der Waals surface area contributed by atoms with Crippen LogP contribution in [0.4, 0.5) is 5.82 Å². The van der Waals surface area contributed by atoms with E-state index in [1.54, 1.807) is 16.8 Å². The van der Waals surface area contributed by atoms with Gasteiger partial charge in [0.2, 0.25) is 12.7 Å². The van der Waals surface area contributed by atoms with Crippen LogP contribution in [0.1, 0.15) is 11.3 Å². The topological polar surface area (TPSA) is 85.6 Å². The van der Waals surface area contributed by atoms with Crippen molar-refractivity contribution in [3.05, 3.63) is 59.9 Å². The number of benzene rings is 1. The van der Waals surface area contributed by atoms with E-state index >= 15 is 0 Å². The summed E-state index contributed by atoms with van der Waals surface area (Å²) < 4.78 is 12.4. The zero-order valence-electron chi connectivity index (χ0n) is 17.1. The van der Waals surface area contributed by atoms with Crippen LogP contribution in [-0.2, 0) is 4.79 Å². The normalized spacial score (nSPS) is 15.6. The summed E-state index contributed by atoms with van der Waals surface area (Å²) in [6.45, 7) is 4.85. The number of amides is 1. The Bertz CT molecular complexity index is 1120. The summed E-state index contributed by atoms with van der Waals surface area (Å²) in [6.07, 6.45) is 5.27. The van der Waals surface area contributed by atoms with E-state index in [-0.39, 0.29) is 12.7 Å². The molecule has 0 unspecified atom stereocenters. The second kappa shape index (κ2) is 8.10. The maximum atomic E-state index is 12.6. The predicted octanol–water partition coefficient (Wildman–Crippen LogP) is 2.06. The monoisotopic (exact) mass is 418 g/mol. The number of ether oxygens (including phenoxy) is 2. The Morgan fingerprint density at radius 1 is 0.968 bits per heavy atom. The lowest BCUT2D eigenvalue weighted by Gasteiger charge is -2.34. The highest BCUT2D eigenvalue weighted by atomic mass is 16.7. The molecule has 4 heterocycles. The van der Waals surface area contributed by atoms with Gasteiger partial charge in [0.1, 0.15) is 0 Å². The van der Waals surface area contributed by atoms with Crippen molar-refractivity contribution >= 4 is 17.8 Å². The summed E-state index contributed by atoms with van der Waals surface area (Å²) in [5.41, 5.74) is 1.83. The van der Waals surface area contributed by atoms with Gasteiger partial charge in [-0.1, -0.05) is 6.07 Å². The Hall–Kier alpha value is -3.88. The van der Waals surface area contributed by atoms with Gasteiger partial charge in [-0.2, -0.15) is 5.10 Å². The first-order valence-electron chi connectivity index (χ1n) is 10.1. The van der Waals surface area contributed by atoms with Crippen molar-refractivity contribution in [3.63, 3.8) is 0 Å². The number of hydrogen-bond donors (Lipinski definition) is 0. The molecule has 2 aliphatic rings. The molecule has 1 fully saturated rings. The van der Waals surface area contributed by atoms with Crippen molar-refractivity contribution in [1.29, 1.82) is 0 Å². The number of piperazine rings is 1. The molecule has 9 heteroatoms. The van der Waals surface area contributed by atoms with Crippen LogP contribution in [0.3, 0.4) is 0 Å². The van der Waals surface area contributed by atoms with Crippen LogP contribution in [0.5, 0.6) is 11.5 Å². The molecule has 3 aromatic rings. The fourth-order valence-electron chi connectivity index (χ4n) is 3.60. The molecule has 0 spiro atoms. The smallest absolute Gasteiger partial charge is 0.246 e. The van der Waals surface area contributed by atoms with Crippen LogP contribution < -0.4 is 14.4 Å². The molecule has 1 aromatic carbocycles. The molecule has 2 aromatic heterocycles. The molecular weight excluding hydrogens is 396 g/mol. The molecule has 0 aliphatic carbocycles. The number of nitrogens with zero attached hydrogens (tertiary/aromatic N) is 6. The summed E-state index contributed by atoms with van der Waals surface area (Å²) in [4.78, 5) is 16.6. The molecule has 9 nitrogen and oxygen atoms in total. The maximum Gasteiger partial charge on any atom is 0.246 e. The van der Waals surface area contributed by atoms with E-state index in [0.29, 0.717) is 37.7 Å². The largest absolute Gasteiger partial charge is 0.454 e. The molecule has 0 saturated carbocycles. The van der Waals surface area contributed by atoms with Gasteiger partial charge in [0.25, 0.3) is 0 Å². The lowest BCUT2D eigenvalue weighted by Crippen LogP contribution is -2.48. The number of aryl methyl sites for hydroxylation is 1. The number of anilines is 1. The van der Waals surface area contributed by atoms with Gasteiger partial charge in [-0.3, -0.25) is 4.79 Å². The second-order valence-corrected chi connectivity index (χ2v) is 7.41. The summed E-state index contributed by atoms with van der Waals surface area (Å²) in [6, 6.07) is 11.4. The van der Waals surface area contributed by atoms with Crippen LogP contribution >= 0.6 is 0 Å². The van der Waals surface area contributed by atoms with E-state index in [0.717, 1.165) is 22.8 Å². The number of carbonyl (C=O) groups excluding carboxylic acids is 1. The van der Waals surface area contributed by atoms with Crippen LogP contribution in [0, 0.1) is 6.92 Å². The van der Waals surface area contributed by atoms with Crippen LogP contribution in [-0.4, -0.2) is 63.8 Å². The van der Waals surface area contributed by atoms with Gasteiger partial charge in [-0.15, -0.1) is 10.2 Å². The van der Waals surface area contributed by atoms with Crippen molar-refractivity contribution in [3.8, 4) is 17.3 Å². The summed E-state index contributed by atoms with van der Waals surface area (Å²) in [7, 11) is 0. The highest BCUT2D eigenvalue weighted by Gasteiger charge is 2.21. The van der Waals surface area contributed by atoms with Gasteiger partial charge in [0.15, 0.2) is 23.1 Å². The fourth-order valence-corrected chi connectivity index (χ4v) is 3.60. The zero-order valence-corrected chi connectivity index (χ0v) is 17.1. The molecule has 31 heavy (non-hydrogen) atoms. The first kappa shape index (κ1) is 19.1. The molecule has 0 radical (unpaired) electrons. The van der Waals surface area contributed by atoms with E-state index < -0.39 is 0 Å². The van der Waals surface area contributed by atoms with Gasteiger partial charge < -0.3 is 19.3 Å². The number of hydrogen-bond acceptors (Lipinski definition) is 7. The quantitative estimate of drug-likeness (QED) is 0.600. The molecule has 158 valence electrons. The zero-order chi connectivity index (χ0) is 21.2. The van der Waals surface area contributed by atoms with Crippen molar-refractivity contribution < 1.29 is 14.3 Å². The summed E-state index contributed by atoms with van der Waals surface area (Å²) in [5.74, 6) is 2.91. The molecule has 1 saturated heterocycles. The number of carbonyl (C=O) groups is 1. The highest BCUT2D eigenvalue weighted by molar-refractivity contribution is 5.92. The molecular formula is C22H22N6O3. The average Bonchev–Trinajstić information content (AvgIpc) is 3.46. The van der Waals surface area contributed by atoms with E-state index in [1.165, 1.54) is 0 Å². The lowest BCUT2D eigenvalue weighted by molar-refractivity contribution is -0.126. The number of rotatable bonds is 4. The van der Waals surface area contributed by atoms with Gasteiger partial charge >= 0.3 is 0 Å². The highest BCUT2D eigenvalue weighted by Crippen LogP contribution is 2.32. The van der Waals surface area contributed by atoms with E-state index in [2.05, 4.69) is 20.2 Å². The fraction of sp³-hybridized carbons (Fsp3) is 0.273. The minimum absolute atomic E-state index is 0.00667. The average molecular weight is 418 g/mol. The molecule has 0 atom stereocenters. The number of aromatic nitrogens is 4. The van der Waals surface area contributed by atoms with Crippen molar-refractivity contribution in [2.75, 3.05) is 37.9 Å². The van der Waals surface area contributed by atoms with Crippen molar-refractivity contribution in [2.24, 2.45) is 0 Å². The molecule has 0 bridgehead atoms. The van der Waals surface area contributed by atoms with E-state index in [9.17, 15) is 4.79 Å². The van der Waals surface area contributed by atoms with Gasteiger partial charge in [0.05, 0.1) is 5.69 Å². The van der Waals surface area contributed by atoms with Gasteiger partial charge in [-0.05, 0) is 48.9 Å². The van der Waals surface area contributed by atoms with Crippen LogP contribution in [0.15, 0.2) is 48.7 Å².